The normalized spacial score (nSPS) is 12.6. The lowest BCUT2D eigenvalue weighted by atomic mass is 10.0. The zero-order valence-corrected chi connectivity index (χ0v) is 12.2. The predicted octanol–water partition coefficient (Wildman–Crippen LogP) is 4.46. The fraction of sp³-hybridized carbons (Fsp3) is 1.00. The van der Waals surface area contributed by atoms with Gasteiger partial charge in [0.25, 0.3) is 0 Å². The van der Waals surface area contributed by atoms with Crippen molar-refractivity contribution in [3.63, 3.8) is 0 Å². The molecule has 0 aliphatic heterocycles. The van der Waals surface area contributed by atoms with Crippen molar-refractivity contribution < 1.29 is 0 Å². The van der Waals surface area contributed by atoms with Gasteiger partial charge in [-0.15, -0.1) is 4.55 Å². The van der Waals surface area contributed by atoms with Gasteiger partial charge in [0, 0.05) is 0 Å². The van der Waals surface area contributed by atoms with Crippen LogP contribution in [0, 0.1) is 5.92 Å². The molecule has 0 nitrogen and oxygen atoms in total. The first-order valence-electron chi connectivity index (χ1n) is 5.37. The maximum Gasteiger partial charge on any atom is 0.464 e. The summed E-state index contributed by atoms with van der Waals surface area (Å²) < 4.78 is 1.55. The highest BCUT2D eigenvalue weighted by molar-refractivity contribution is 14.1. The second-order valence-electron chi connectivity index (χ2n) is 3.79. The van der Waals surface area contributed by atoms with Gasteiger partial charge < -0.3 is 18.9 Å². The molecule has 0 bridgehead atoms. The molecular formula is C10H21IMg. The van der Waals surface area contributed by atoms with Crippen molar-refractivity contribution in [2.45, 2.75) is 56.9 Å². The van der Waals surface area contributed by atoms with Crippen LogP contribution in [0.4, 0.5) is 0 Å². The van der Waals surface area contributed by atoms with E-state index in [0.29, 0.717) is 16.5 Å². The van der Waals surface area contributed by atoms with Crippen molar-refractivity contribution >= 4 is 35.3 Å². The molecule has 0 spiro atoms. The van der Waals surface area contributed by atoms with Crippen LogP contribution >= 0.6 is 18.9 Å². The van der Waals surface area contributed by atoms with Crippen LogP contribution in [0.15, 0.2) is 0 Å². The SMILES string of the molecule is CCCCCCCC(C)[CH2][Mg][I]. The summed E-state index contributed by atoms with van der Waals surface area (Å²) in [4.78, 5) is 0. The van der Waals surface area contributed by atoms with Crippen molar-refractivity contribution in [3.05, 3.63) is 0 Å². The monoisotopic (exact) mass is 292 g/mol. The van der Waals surface area contributed by atoms with Crippen LogP contribution < -0.4 is 0 Å². The number of hydrogen-bond donors (Lipinski definition) is 0. The Kier molecular flexibility index (Phi) is 11.9. The molecule has 0 radical (unpaired) electrons. The van der Waals surface area contributed by atoms with E-state index >= 15 is 0 Å². The molecule has 0 aromatic carbocycles. The molecule has 0 rings (SSSR count). The lowest BCUT2D eigenvalue weighted by Gasteiger charge is -2.08. The highest BCUT2D eigenvalue weighted by atomic mass is 127. The van der Waals surface area contributed by atoms with Gasteiger partial charge in [0.15, 0.2) is 0 Å². The molecule has 0 aliphatic rings. The van der Waals surface area contributed by atoms with Crippen molar-refractivity contribution in [2.24, 2.45) is 5.92 Å². The summed E-state index contributed by atoms with van der Waals surface area (Å²) in [6, 6.07) is 0. The fourth-order valence-corrected chi connectivity index (χ4v) is 5.28. The molecule has 0 saturated carbocycles. The number of unbranched alkanes of at least 4 members (excludes halogenated alkanes) is 4. The minimum absolute atomic E-state index is 0.293. The first kappa shape index (κ1) is 13.5. The van der Waals surface area contributed by atoms with Gasteiger partial charge in [0.05, 0.1) is 0 Å². The molecule has 0 fully saturated rings. The Morgan fingerprint density at radius 1 is 1.17 bits per heavy atom. The van der Waals surface area contributed by atoms with E-state index in [4.69, 9.17) is 0 Å². The zero-order chi connectivity index (χ0) is 9.23. The molecular weight excluding hydrogens is 271 g/mol. The Bertz CT molecular complexity index is 85.9. The van der Waals surface area contributed by atoms with Gasteiger partial charge in [-0.25, -0.2) is 0 Å². The molecule has 70 valence electrons. The number of halogens is 1. The fourth-order valence-electron chi connectivity index (χ4n) is 1.43. The third kappa shape index (κ3) is 9.58. The second-order valence-corrected chi connectivity index (χ2v) is 7.98. The lowest BCUT2D eigenvalue weighted by Crippen LogP contribution is -1.95. The Balaban J connectivity index is 2.97. The summed E-state index contributed by atoms with van der Waals surface area (Å²) in [5.41, 5.74) is 0. The van der Waals surface area contributed by atoms with Crippen molar-refractivity contribution in [1.82, 2.24) is 0 Å². The molecule has 1 atom stereocenters. The zero-order valence-electron chi connectivity index (χ0n) is 8.61. The average molecular weight is 292 g/mol. The van der Waals surface area contributed by atoms with Gasteiger partial charge >= 0.3 is 16.5 Å². The van der Waals surface area contributed by atoms with Crippen LogP contribution in [-0.2, 0) is 0 Å². The Labute approximate surface area is 97.4 Å². The summed E-state index contributed by atoms with van der Waals surface area (Å²) in [5.74, 6) is 1.02. The van der Waals surface area contributed by atoms with Crippen LogP contribution in [0.1, 0.15) is 52.4 Å². The number of rotatable bonds is 8. The standard InChI is InChI=1S/C10H21.HI.Mg/c1-4-5-6-7-8-9-10(2)3;;/h10H,2,4-9H2,1,3H3;1H;/q;;+1/p-1. The Hall–Kier alpha value is 1.50. The first-order valence-corrected chi connectivity index (χ1v) is 11.5. The largest absolute Gasteiger partial charge is 0.464 e. The Morgan fingerprint density at radius 3 is 2.42 bits per heavy atom. The van der Waals surface area contributed by atoms with E-state index in [9.17, 15) is 0 Å². The van der Waals surface area contributed by atoms with Crippen LogP contribution in [0.5, 0.6) is 0 Å². The molecule has 0 saturated heterocycles. The van der Waals surface area contributed by atoms with Gasteiger partial charge in [-0.2, -0.15) is 0 Å². The molecule has 0 amide bonds. The summed E-state index contributed by atoms with van der Waals surface area (Å²) in [6.45, 7) is 4.70. The van der Waals surface area contributed by atoms with E-state index < -0.39 is 0 Å². The van der Waals surface area contributed by atoms with E-state index in [1.165, 1.54) is 38.5 Å². The summed E-state index contributed by atoms with van der Waals surface area (Å²) >= 11 is 2.91. The van der Waals surface area contributed by atoms with Crippen LogP contribution in [-0.4, -0.2) is 16.5 Å². The quantitative estimate of drug-likeness (QED) is 0.352. The van der Waals surface area contributed by atoms with Gasteiger partial charge in [-0.3, -0.25) is 0 Å². The number of hydrogen-bond acceptors (Lipinski definition) is 0. The molecule has 12 heavy (non-hydrogen) atoms. The van der Waals surface area contributed by atoms with Crippen molar-refractivity contribution in [3.8, 4) is 0 Å². The van der Waals surface area contributed by atoms with Gasteiger partial charge in [0.1, 0.15) is 0 Å². The third-order valence-electron chi connectivity index (χ3n) is 2.40. The van der Waals surface area contributed by atoms with E-state index in [-0.39, 0.29) is 0 Å². The molecule has 0 heterocycles. The van der Waals surface area contributed by atoms with E-state index in [1.54, 1.807) is 4.55 Å². The predicted molar refractivity (Wildman–Crippen MR) is 67.1 cm³/mol. The molecule has 0 aromatic heterocycles. The lowest BCUT2D eigenvalue weighted by molar-refractivity contribution is 0.518. The average Bonchev–Trinajstić information content (AvgIpc) is 2.05. The summed E-state index contributed by atoms with van der Waals surface area (Å²) in [7, 11) is 0. The van der Waals surface area contributed by atoms with Crippen molar-refractivity contribution in [2.75, 3.05) is 0 Å². The molecule has 0 aromatic rings. The minimum atomic E-state index is 0.293. The van der Waals surface area contributed by atoms with Crippen molar-refractivity contribution in [1.29, 1.82) is 0 Å². The Morgan fingerprint density at radius 2 is 1.83 bits per heavy atom. The van der Waals surface area contributed by atoms with Gasteiger partial charge in [-0.05, 0) is 0 Å². The highest BCUT2D eigenvalue weighted by Crippen LogP contribution is 2.14. The van der Waals surface area contributed by atoms with E-state index in [0.717, 1.165) is 5.92 Å². The topological polar surface area (TPSA) is 0 Å². The highest BCUT2D eigenvalue weighted by Gasteiger charge is 2.01. The van der Waals surface area contributed by atoms with Gasteiger partial charge in [0.2, 0.25) is 0 Å². The molecule has 0 N–H and O–H groups in total. The molecule has 0 aliphatic carbocycles. The third-order valence-corrected chi connectivity index (χ3v) is 5.47. The summed E-state index contributed by atoms with van der Waals surface area (Å²) in [6.07, 6.45) is 8.71. The van der Waals surface area contributed by atoms with E-state index in [1.807, 2.05) is 0 Å². The summed E-state index contributed by atoms with van der Waals surface area (Å²) in [5, 5.41) is 0. The van der Waals surface area contributed by atoms with Crippen LogP contribution in [0.3, 0.4) is 0 Å². The molecule has 2 heteroatoms. The second kappa shape index (κ2) is 10.6. The van der Waals surface area contributed by atoms with Crippen LogP contribution in [0.2, 0.25) is 4.55 Å². The van der Waals surface area contributed by atoms with Crippen LogP contribution in [0.25, 0.3) is 0 Å². The molecule has 1 unspecified atom stereocenters. The smallest absolute Gasteiger partial charge is 0.301 e. The maximum atomic E-state index is 2.62. The maximum absolute atomic E-state index is 2.62. The minimum Gasteiger partial charge on any atom is -0.301 e. The van der Waals surface area contributed by atoms with E-state index in [2.05, 4.69) is 32.7 Å². The first-order chi connectivity index (χ1) is 5.81. The van der Waals surface area contributed by atoms with Gasteiger partial charge in [-0.1, -0.05) is 58.3 Å².